The van der Waals surface area contributed by atoms with Crippen molar-refractivity contribution >= 4 is 30.1 Å². The lowest BCUT2D eigenvalue weighted by Gasteiger charge is -2.25. The van der Waals surface area contributed by atoms with Gasteiger partial charge < -0.3 is 4.90 Å². The summed E-state index contributed by atoms with van der Waals surface area (Å²) in [5.74, 6) is -0.932. The molecule has 0 bridgehead atoms. The smallest absolute Gasteiger partial charge is 0.257 e. The number of benzene rings is 2. The van der Waals surface area contributed by atoms with E-state index in [0.29, 0.717) is 9.92 Å². The van der Waals surface area contributed by atoms with Gasteiger partial charge in [-0.3, -0.25) is 4.79 Å². The first-order chi connectivity index (χ1) is 9.90. The highest BCUT2D eigenvalue weighted by Crippen LogP contribution is 2.24. The van der Waals surface area contributed by atoms with Gasteiger partial charge in [-0.2, -0.15) is 0 Å². The van der Waals surface area contributed by atoms with Crippen LogP contribution < -0.4 is 0 Å². The van der Waals surface area contributed by atoms with Crippen molar-refractivity contribution in [1.82, 2.24) is 4.90 Å². The summed E-state index contributed by atoms with van der Waals surface area (Å²) in [6, 6.07) is 11.2. The summed E-state index contributed by atoms with van der Waals surface area (Å²) in [6.07, 6.45) is 0. The fourth-order valence-electron chi connectivity index (χ4n) is 2.01. The average Bonchev–Trinajstić information content (AvgIpc) is 2.48. The van der Waals surface area contributed by atoms with Crippen LogP contribution in [0.5, 0.6) is 0 Å². The third kappa shape index (κ3) is 3.57. The Hall–Kier alpha value is -1.52. The standard InChI is InChI=1S/C16H15ClFNOS/c1-10(11-3-5-12(17)6-4-11)19(2)16(20)14-9-13(21)7-8-15(14)18/h3-10,21H,1-2H3. The van der Waals surface area contributed by atoms with Crippen LogP contribution in [0.2, 0.25) is 5.02 Å². The molecule has 2 aromatic carbocycles. The van der Waals surface area contributed by atoms with Crippen LogP contribution in [0.15, 0.2) is 47.4 Å². The Morgan fingerprint density at radius 1 is 1.24 bits per heavy atom. The highest BCUT2D eigenvalue weighted by Gasteiger charge is 2.21. The number of carbonyl (C=O) groups is 1. The molecule has 2 aromatic rings. The molecule has 0 fully saturated rings. The van der Waals surface area contributed by atoms with Crippen LogP contribution in [0, 0.1) is 5.82 Å². The van der Waals surface area contributed by atoms with Crippen molar-refractivity contribution < 1.29 is 9.18 Å². The van der Waals surface area contributed by atoms with Gasteiger partial charge in [0.1, 0.15) is 5.82 Å². The predicted molar refractivity (Wildman–Crippen MR) is 85.6 cm³/mol. The summed E-state index contributed by atoms with van der Waals surface area (Å²) in [5.41, 5.74) is 0.948. The summed E-state index contributed by atoms with van der Waals surface area (Å²) in [4.78, 5) is 14.5. The van der Waals surface area contributed by atoms with Gasteiger partial charge in [-0.1, -0.05) is 23.7 Å². The molecule has 21 heavy (non-hydrogen) atoms. The first-order valence-electron chi connectivity index (χ1n) is 6.41. The number of rotatable bonds is 3. The zero-order chi connectivity index (χ0) is 15.6. The van der Waals surface area contributed by atoms with E-state index in [0.717, 1.165) is 5.56 Å². The fourth-order valence-corrected chi connectivity index (χ4v) is 2.34. The summed E-state index contributed by atoms with van der Waals surface area (Å²) in [6.45, 7) is 1.88. The van der Waals surface area contributed by atoms with Crippen LogP contribution in [0.1, 0.15) is 28.9 Å². The van der Waals surface area contributed by atoms with E-state index in [9.17, 15) is 9.18 Å². The van der Waals surface area contributed by atoms with Gasteiger partial charge >= 0.3 is 0 Å². The number of hydrogen-bond donors (Lipinski definition) is 1. The number of nitrogens with zero attached hydrogens (tertiary/aromatic N) is 1. The molecule has 0 aliphatic rings. The number of halogens is 2. The van der Waals surface area contributed by atoms with E-state index in [4.69, 9.17) is 11.6 Å². The minimum Gasteiger partial charge on any atom is -0.335 e. The van der Waals surface area contributed by atoms with E-state index < -0.39 is 5.82 Å². The van der Waals surface area contributed by atoms with Crippen LogP contribution in [0.25, 0.3) is 0 Å². The van der Waals surface area contributed by atoms with Gasteiger partial charge in [0, 0.05) is 17.0 Å². The molecule has 0 saturated heterocycles. The Kier molecular flexibility index (Phi) is 4.91. The minimum atomic E-state index is -0.548. The highest BCUT2D eigenvalue weighted by molar-refractivity contribution is 7.80. The van der Waals surface area contributed by atoms with Crippen molar-refractivity contribution in [3.63, 3.8) is 0 Å². The molecule has 0 aliphatic heterocycles. The van der Waals surface area contributed by atoms with Crippen LogP contribution in [-0.4, -0.2) is 17.9 Å². The van der Waals surface area contributed by atoms with E-state index in [2.05, 4.69) is 12.6 Å². The third-order valence-electron chi connectivity index (χ3n) is 3.43. The SMILES string of the molecule is CC(c1ccc(Cl)cc1)N(C)C(=O)c1cc(S)ccc1F. The van der Waals surface area contributed by atoms with Crippen LogP contribution >= 0.6 is 24.2 Å². The molecule has 0 N–H and O–H groups in total. The van der Waals surface area contributed by atoms with Gasteiger partial charge in [0.2, 0.25) is 0 Å². The zero-order valence-electron chi connectivity index (χ0n) is 11.7. The molecule has 0 aromatic heterocycles. The van der Waals surface area contributed by atoms with Crippen molar-refractivity contribution in [3.8, 4) is 0 Å². The molecule has 2 nitrogen and oxygen atoms in total. The first kappa shape index (κ1) is 15.9. The molecule has 1 unspecified atom stereocenters. The van der Waals surface area contributed by atoms with E-state index in [1.165, 1.54) is 23.1 Å². The number of hydrogen-bond acceptors (Lipinski definition) is 2. The van der Waals surface area contributed by atoms with Gasteiger partial charge in [-0.15, -0.1) is 12.6 Å². The summed E-state index contributed by atoms with van der Waals surface area (Å²) in [7, 11) is 1.65. The molecule has 0 radical (unpaired) electrons. The van der Waals surface area contributed by atoms with Crippen LogP contribution in [-0.2, 0) is 0 Å². The van der Waals surface area contributed by atoms with Crippen molar-refractivity contribution in [3.05, 3.63) is 64.4 Å². The van der Waals surface area contributed by atoms with E-state index >= 15 is 0 Å². The Morgan fingerprint density at radius 3 is 2.48 bits per heavy atom. The lowest BCUT2D eigenvalue weighted by molar-refractivity contribution is 0.0737. The van der Waals surface area contributed by atoms with E-state index in [1.807, 2.05) is 19.1 Å². The quantitative estimate of drug-likeness (QED) is 0.818. The topological polar surface area (TPSA) is 20.3 Å². The van der Waals surface area contributed by atoms with Crippen LogP contribution in [0.3, 0.4) is 0 Å². The number of carbonyl (C=O) groups excluding carboxylic acids is 1. The Morgan fingerprint density at radius 2 is 1.86 bits per heavy atom. The molecule has 0 saturated carbocycles. The second kappa shape index (κ2) is 6.50. The zero-order valence-corrected chi connectivity index (χ0v) is 13.3. The van der Waals surface area contributed by atoms with E-state index in [1.54, 1.807) is 19.2 Å². The lowest BCUT2D eigenvalue weighted by atomic mass is 10.1. The fraction of sp³-hybridized carbons (Fsp3) is 0.188. The lowest BCUT2D eigenvalue weighted by Crippen LogP contribution is -2.30. The number of thiol groups is 1. The largest absolute Gasteiger partial charge is 0.335 e. The van der Waals surface area contributed by atoms with Gasteiger partial charge in [-0.05, 0) is 42.8 Å². The molecular weight excluding hydrogens is 309 g/mol. The molecule has 2 rings (SSSR count). The molecular formula is C16H15ClFNOS. The third-order valence-corrected chi connectivity index (χ3v) is 3.96. The Balaban J connectivity index is 2.26. The van der Waals surface area contributed by atoms with Gasteiger partial charge in [-0.25, -0.2) is 4.39 Å². The van der Waals surface area contributed by atoms with Crippen molar-refractivity contribution in [1.29, 1.82) is 0 Å². The highest BCUT2D eigenvalue weighted by atomic mass is 35.5. The Bertz CT molecular complexity index is 660. The molecule has 0 heterocycles. The summed E-state index contributed by atoms with van der Waals surface area (Å²) in [5, 5.41) is 0.633. The average molecular weight is 324 g/mol. The molecule has 0 spiro atoms. The van der Waals surface area contributed by atoms with Crippen LogP contribution in [0.4, 0.5) is 4.39 Å². The van der Waals surface area contributed by atoms with Crippen molar-refractivity contribution in [2.45, 2.75) is 17.9 Å². The molecule has 110 valence electrons. The van der Waals surface area contributed by atoms with Crippen molar-refractivity contribution in [2.75, 3.05) is 7.05 Å². The summed E-state index contributed by atoms with van der Waals surface area (Å²) < 4.78 is 13.8. The first-order valence-corrected chi connectivity index (χ1v) is 7.24. The maximum atomic E-state index is 13.8. The second-order valence-electron chi connectivity index (χ2n) is 4.81. The maximum absolute atomic E-state index is 13.8. The number of amides is 1. The van der Waals surface area contributed by atoms with E-state index in [-0.39, 0.29) is 17.5 Å². The second-order valence-corrected chi connectivity index (χ2v) is 5.76. The molecule has 1 amide bonds. The molecule has 1 atom stereocenters. The van der Waals surface area contributed by atoms with Gasteiger partial charge in [0.05, 0.1) is 11.6 Å². The summed E-state index contributed by atoms with van der Waals surface area (Å²) >= 11 is 10.00. The van der Waals surface area contributed by atoms with Gasteiger partial charge in [0.25, 0.3) is 5.91 Å². The molecule has 0 aliphatic carbocycles. The monoisotopic (exact) mass is 323 g/mol. The molecule has 5 heteroatoms. The normalized spacial score (nSPS) is 12.0. The Labute approximate surface area is 133 Å². The maximum Gasteiger partial charge on any atom is 0.257 e. The predicted octanol–water partition coefficient (Wildman–Crippen LogP) is 4.60. The van der Waals surface area contributed by atoms with Gasteiger partial charge in [0.15, 0.2) is 0 Å². The minimum absolute atomic E-state index is 0.0193. The van der Waals surface area contributed by atoms with Crippen molar-refractivity contribution in [2.24, 2.45) is 0 Å².